The summed E-state index contributed by atoms with van der Waals surface area (Å²) in [6.45, 7) is 0. The number of nitrogens with zero attached hydrogens (tertiary/aromatic N) is 3. The van der Waals surface area contributed by atoms with Crippen molar-refractivity contribution < 1.29 is 0 Å². The van der Waals surface area contributed by atoms with Crippen molar-refractivity contribution in [1.29, 1.82) is 0 Å². The molecule has 0 unspecified atom stereocenters. The molecule has 0 atom stereocenters. The van der Waals surface area contributed by atoms with E-state index in [-0.39, 0.29) is 0 Å². The predicted octanol–water partition coefficient (Wildman–Crippen LogP) is 2.19. The highest BCUT2D eigenvalue weighted by Crippen LogP contribution is 2.25. The van der Waals surface area contributed by atoms with E-state index in [9.17, 15) is 0 Å². The van der Waals surface area contributed by atoms with Gasteiger partial charge < -0.3 is 4.90 Å². The Kier molecular flexibility index (Phi) is 2.60. The monoisotopic (exact) mass is 222 g/mol. The minimum atomic E-state index is 0.643. The first-order chi connectivity index (χ1) is 7.18. The van der Waals surface area contributed by atoms with Crippen molar-refractivity contribution in [1.82, 2.24) is 15.2 Å². The molecule has 15 heavy (non-hydrogen) atoms. The number of halogens is 1. The van der Waals surface area contributed by atoms with Crippen molar-refractivity contribution in [3.63, 3.8) is 0 Å². The van der Waals surface area contributed by atoms with Gasteiger partial charge >= 0.3 is 0 Å². The molecular formula is C10H11ClN4. The molecule has 2 aromatic rings. The number of aromatic amines is 1. The van der Waals surface area contributed by atoms with Crippen molar-refractivity contribution in [3.05, 3.63) is 29.3 Å². The molecule has 0 saturated carbocycles. The summed E-state index contributed by atoms with van der Waals surface area (Å²) in [4.78, 5) is 6.15. The van der Waals surface area contributed by atoms with E-state index < -0.39 is 0 Å². The lowest BCUT2D eigenvalue weighted by molar-refractivity contribution is 0.999. The second kappa shape index (κ2) is 3.90. The number of hydrogen-bond donors (Lipinski definition) is 1. The van der Waals surface area contributed by atoms with Crippen molar-refractivity contribution in [2.75, 3.05) is 19.0 Å². The van der Waals surface area contributed by atoms with Gasteiger partial charge in [0.2, 0.25) is 5.95 Å². The second-order valence-electron chi connectivity index (χ2n) is 3.36. The molecule has 0 amide bonds. The standard InChI is InChI=1S/C10H11ClN4/c1-15(2)10-12-9(13-14-10)7-5-3-4-6-8(7)11/h3-6H,1-2H3,(H,12,13,14). The smallest absolute Gasteiger partial charge is 0.244 e. The largest absolute Gasteiger partial charge is 0.346 e. The van der Waals surface area contributed by atoms with Crippen LogP contribution in [-0.4, -0.2) is 29.3 Å². The Morgan fingerprint density at radius 2 is 2.00 bits per heavy atom. The van der Waals surface area contributed by atoms with Crippen LogP contribution in [0.5, 0.6) is 0 Å². The number of aromatic nitrogens is 3. The molecule has 0 bridgehead atoms. The summed E-state index contributed by atoms with van der Waals surface area (Å²) >= 11 is 6.05. The first-order valence-corrected chi connectivity index (χ1v) is 4.91. The third-order valence-corrected chi connectivity index (χ3v) is 2.33. The SMILES string of the molecule is CN(C)c1n[nH]c(-c2ccccc2Cl)n1. The highest BCUT2D eigenvalue weighted by Gasteiger charge is 2.09. The molecule has 0 radical (unpaired) electrons. The molecule has 0 saturated heterocycles. The molecule has 0 aliphatic carbocycles. The summed E-state index contributed by atoms with van der Waals surface area (Å²) in [5.41, 5.74) is 0.861. The Morgan fingerprint density at radius 3 is 2.60 bits per heavy atom. The minimum Gasteiger partial charge on any atom is -0.346 e. The Hall–Kier alpha value is -1.55. The van der Waals surface area contributed by atoms with Crippen LogP contribution in [-0.2, 0) is 0 Å². The Bertz CT molecular complexity index is 464. The molecule has 1 aromatic carbocycles. The van der Waals surface area contributed by atoms with E-state index in [1.807, 2.05) is 43.3 Å². The third kappa shape index (κ3) is 1.94. The van der Waals surface area contributed by atoms with Gasteiger partial charge in [0.05, 0.1) is 5.02 Å². The Morgan fingerprint density at radius 1 is 1.27 bits per heavy atom. The van der Waals surface area contributed by atoms with Gasteiger partial charge in [-0.2, -0.15) is 4.98 Å². The summed E-state index contributed by atoms with van der Waals surface area (Å²) in [5.74, 6) is 1.33. The summed E-state index contributed by atoms with van der Waals surface area (Å²) in [7, 11) is 3.78. The fourth-order valence-corrected chi connectivity index (χ4v) is 1.45. The van der Waals surface area contributed by atoms with Crippen LogP contribution < -0.4 is 4.90 Å². The van der Waals surface area contributed by atoms with Crippen LogP contribution >= 0.6 is 11.6 Å². The number of rotatable bonds is 2. The van der Waals surface area contributed by atoms with Crippen molar-refractivity contribution in [2.45, 2.75) is 0 Å². The molecule has 0 fully saturated rings. The van der Waals surface area contributed by atoms with Gasteiger partial charge in [-0.25, -0.2) is 0 Å². The molecule has 2 rings (SSSR count). The fourth-order valence-electron chi connectivity index (χ4n) is 1.23. The number of anilines is 1. The van der Waals surface area contributed by atoms with E-state index in [0.29, 0.717) is 16.8 Å². The summed E-state index contributed by atoms with van der Waals surface area (Å²) in [5, 5.41) is 7.59. The molecule has 1 aromatic heterocycles. The fraction of sp³-hybridized carbons (Fsp3) is 0.200. The zero-order valence-electron chi connectivity index (χ0n) is 8.53. The second-order valence-corrected chi connectivity index (χ2v) is 3.77. The topological polar surface area (TPSA) is 44.8 Å². The van der Waals surface area contributed by atoms with Crippen molar-refractivity contribution in [2.24, 2.45) is 0 Å². The van der Waals surface area contributed by atoms with E-state index in [1.54, 1.807) is 0 Å². The molecule has 0 aliphatic heterocycles. The average molecular weight is 223 g/mol. The first-order valence-electron chi connectivity index (χ1n) is 4.53. The van der Waals surface area contributed by atoms with Gasteiger partial charge in [-0.3, -0.25) is 5.10 Å². The van der Waals surface area contributed by atoms with Gasteiger partial charge in [0.15, 0.2) is 5.82 Å². The van der Waals surface area contributed by atoms with Gasteiger partial charge in [-0.1, -0.05) is 23.7 Å². The average Bonchev–Trinajstić information content (AvgIpc) is 2.67. The summed E-state index contributed by atoms with van der Waals surface area (Å²) in [6.07, 6.45) is 0. The number of benzene rings is 1. The first kappa shape index (κ1) is 9.98. The lowest BCUT2D eigenvalue weighted by Gasteiger charge is -2.03. The van der Waals surface area contributed by atoms with E-state index in [2.05, 4.69) is 15.2 Å². The zero-order chi connectivity index (χ0) is 10.8. The maximum Gasteiger partial charge on any atom is 0.244 e. The Labute approximate surface area is 92.9 Å². The molecular weight excluding hydrogens is 212 g/mol. The van der Waals surface area contributed by atoms with Crippen LogP contribution in [0, 0.1) is 0 Å². The molecule has 0 spiro atoms. The molecule has 5 heteroatoms. The van der Waals surface area contributed by atoms with Gasteiger partial charge in [-0.15, -0.1) is 5.10 Å². The van der Waals surface area contributed by atoms with Crippen molar-refractivity contribution in [3.8, 4) is 11.4 Å². The number of hydrogen-bond acceptors (Lipinski definition) is 3. The lowest BCUT2D eigenvalue weighted by atomic mass is 10.2. The molecule has 1 N–H and O–H groups in total. The van der Waals surface area contributed by atoms with Crippen LogP contribution in [0.15, 0.2) is 24.3 Å². The lowest BCUT2D eigenvalue weighted by Crippen LogP contribution is -2.10. The van der Waals surface area contributed by atoms with Crippen LogP contribution in [0.2, 0.25) is 5.02 Å². The third-order valence-electron chi connectivity index (χ3n) is 2.00. The molecule has 0 aliphatic rings. The predicted molar refractivity (Wildman–Crippen MR) is 61.2 cm³/mol. The molecule has 1 heterocycles. The number of H-pyrrole nitrogens is 1. The van der Waals surface area contributed by atoms with E-state index in [4.69, 9.17) is 11.6 Å². The maximum atomic E-state index is 6.05. The van der Waals surface area contributed by atoms with Gasteiger partial charge in [0.1, 0.15) is 0 Å². The van der Waals surface area contributed by atoms with Gasteiger partial charge in [0, 0.05) is 19.7 Å². The Balaban J connectivity index is 2.42. The highest BCUT2D eigenvalue weighted by molar-refractivity contribution is 6.33. The van der Waals surface area contributed by atoms with Gasteiger partial charge in [-0.05, 0) is 12.1 Å². The normalized spacial score (nSPS) is 10.3. The molecule has 78 valence electrons. The van der Waals surface area contributed by atoms with E-state index >= 15 is 0 Å². The van der Waals surface area contributed by atoms with Gasteiger partial charge in [0.25, 0.3) is 0 Å². The van der Waals surface area contributed by atoms with Crippen LogP contribution in [0.4, 0.5) is 5.95 Å². The summed E-state index contributed by atoms with van der Waals surface area (Å²) < 4.78 is 0. The van der Waals surface area contributed by atoms with Crippen LogP contribution in [0.25, 0.3) is 11.4 Å². The number of nitrogens with one attached hydrogen (secondary N) is 1. The van der Waals surface area contributed by atoms with Crippen LogP contribution in [0.3, 0.4) is 0 Å². The highest BCUT2D eigenvalue weighted by atomic mass is 35.5. The quantitative estimate of drug-likeness (QED) is 0.847. The van der Waals surface area contributed by atoms with Crippen molar-refractivity contribution >= 4 is 17.5 Å². The van der Waals surface area contributed by atoms with E-state index in [0.717, 1.165) is 5.56 Å². The molecule has 4 nitrogen and oxygen atoms in total. The zero-order valence-corrected chi connectivity index (χ0v) is 9.28. The van der Waals surface area contributed by atoms with Crippen LogP contribution in [0.1, 0.15) is 0 Å². The minimum absolute atomic E-state index is 0.643. The van der Waals surface area contributed by atoms with E-state index in [1.165, 1.54) is 0 Å². The maximum absolute atomic E-state index is 6.05. The summed E-state index contributed by atoms with van der Waals surface area (Å²) in [6, 6.07) is 7.53.